The van der Waals surface area contributed by atoms with E-state index in [4.69, 9.17) is 0 Å². The van der Waals surface area contributed by atoms with Gasteiger partial charge in [0.05, 0.1) is 5.69 Å². The Balaban J connectivity index is 1.93. The van der Waals surface area contributed by atoms with Gasteiger partial charge in [-0.15, -0.1) is 0 Å². The molecule has 3 rings (SSSR count). The fraction of sp³-hybridized carbons (Fsp3) is 0.500. The van der Waals surface area contributed by atoms with Crippen LogP contribution in [0.25, 0.3) is 11.4 Å². The van der Waals surface area contributed by atoms with Gasteiger partial charge >= 0.3 is 7.12 Å². The first-order valence-electron chi connectivity index (χ1n) is 8.12. The lowest BCUT2D eigenvalue weighted by molar-refractivity contribution is 0.425. The number of unbranched alkanes of at least 4 members (excludes halogenated alkanes) is 2. The van der Waals surface area contributed by atoms with Crippen LogP contribution in [0.5, 0.6) is 0 Å². The van der Waals surface area contributed by atoms with Crippen molar-refractivity contribution in [2.24, 2.45) is 0 Å². The van der Waals surface area contributed by atoms with Gasteiger partial charge in [0.2, 0.25) is 0 Å². The van der Waals surface area contributed by atoms with Crippen molar-refractivity contribution in [3.05, 3.63) is 29.6 Å². The molecule has 0 fully saturated rings. The number of aryl methyl sites for hydroxylation is 2. The average molecular weight is 299 g/mol. The van der Waals surface area contributed by atoms with Crippen molar-refractivity contribution < 1.29 is 10.0 Å². The third-order valence-corrected chi connectivity index (χ3v) is 4.23. The van der Waals surface area contributed by atoms with E-state index in [0.29, 0.717) is 11.2 Å². The molecular weight excluding hydrogens is 277 g/mol. The van der Waals surface area contributed by atoms with Crippen LogP contribution in [0.15, 0.2) is 18.2 Å². The molecule has 0 aliphatic carbocycles. The van der Waals surface area contributed by atoms with E-state index in [2.05, 4.69) is 17.0 Å². The molecule has 0 spiro atoms. The van der Waals surface area contributed by atoms with Crippen molar-refractivity contribution in [1.82, 2.24) is 14.8 Å². The molecule has 1 aliphatic rings. The molecule has 2 aromatic heterocycles. The Bertz CT molecular complexity index is 655. The topological polar surface area (TPSA) is 71.2 Å². The lowest BCUT2D eigenvalue weighted by atomic mass is 9.77. The van der Waals surface area contributed by atoms with Gasteiger partial charge in [0.1, 0.15) is 5.69 Å². The Morgan fingerprint density at radius 2 is 2.14 bits per heavy atom. The van der Waals surface area contributed by atoms with Gasteiger partial charge in [-0.1, -0.05) is 25.8 Å². The van der Waals surface area contributed by atoms with Crippen molar-refractivity contribution in [1.29, 1.82) is 0 Å². The van der Waals surface area contributed by atoms with Crippen molar-refractivity contribution >= 4 is 12.6 Å². The fourth-order valence-electron chi connectivity index (χ4n) is 3.12. The SMILES string of the molecule is CCCCCc1cccc(-c2nn3c(c2B(O)O)CCC3)n1. The normalized spacial score (nSPS) is 13.4. The highest BCUT2D eigenvalue weighted by atomic mass is 16.4. The molecule has 5 nitrogen and oxygen atoms in total. The minimum Gasteiger partial charge on any atom is -0.423 e. The minimum atomic E-state index is -1.50. The molecule has 2 aromatic rings. The van der Waals surface area contributed by atoms with Gasteiger partial charge in [-0.05, 0) is 37.8 Å². The van der Waals surface area contributed by atoms with Crippen molar-refractivity contribution in [2.75, 3.05) is 0 Å². The zero-order valence-corrected chi connectivity index (χ0v) is 13.0. The summed E-state index contributed by atoms with van der Waals surface area (Å²) in [7, 11) is -1.50. The first-order chi connectivity index (χ1) is 10.7. The highest BCUT2D eigenvalue weighted by molar-refractivity contribution is 6.61. The molecule has 0 unspecified atom stereocenters. The Hall–Kier alpha value is -1.66. The van der Waals surface area contributed by atoms with Crippen LogP contribution in [0.4, 0.5) is 0 Å². The molecule has 0 bridgehead atoms. The number of hydrogen-bond acceptors (Lipinski definition) is 4. The van der Waals surface area contributed by atoms with E-state index >= 15 is 0 Å². The maximum atomic E-state index is 9.74. The summed E-state index contributed by atoms with van der Waals surface area (Å²) in [6.07, 6.45) is 6.32. The van der Waals surface area contributed by atoms with E-state index < -0.39 is 7.12 Å². The van der Waals surface area contributed by atoms with Crippen LogP contribution in [0.1, 0.15) is 44.0 Å². The summed E-state index contributed by atoms with van der Waals surface area (Å²) < 4.78 is 1.88. The first-order valence-corrected chi connectivity index (χ1v) is 8.12. The third-order valence-electron chi connectivity index (χ3n) is 4.23. The third kappa shape index (κ3) is 2.94. The number of aromatic nitrogens is 3. The summed E-state index contributed by atoms with van der Waals surface area (Å²) >= 11 is 0. The second-order valence-electron chi connectivity index (χ2n) is 5.88. The highest BCUT2D eigenvalue weighted by Crippen LogP contribution is 2.21. The fourth-order valence-corrected chi connectivity index (χ4v) is 3.12. The zero-order chi connectivity index (χ0) is 15.5. The van der Waals surface area contributed by atoms with Crippen molar-refractivity contribution in [3.63, 3.8) is 0 Å². The van der Waals surface area contributed by atoms with E-state index in [1.807, 2.05) is 22.9 Å². The molecule has 0 radical (unpaired) electrons. The Morgan fingerprint density at radius 1 is 1.27 bits per heavy atom. The molecule has 116 valence electrons. The Labute approximate surface area is 131 Å². The molecule has 22 heavy (non-hydrogen) atoms. The van der Waals surface area contributed by atoms with Gasteiger partial charge in [-0.2, -0.15) is 5.10 Å². The van der Waals surface area contributed by atoms with E-state index in [-0.39, 0.29) is 0 Å². The molecule has 0 aromatic carbocycles. The van der Waals surface area contributed by atoms with Gasteiger partial charge in [-0.25, -0.2) is 0 Å². The van der Waals surface area contributed by atoms with Gasteiger partial charge < -0.3 is 10.0 Å². The molecule has 0 amide bonds. The highest BCUT2D eigenvalue weighted by Gasteiger charge is 2.30. The maximum Gasteiger partial charge on any atom is 0.492 e. The van der Waals surface area contributed by atoms with Crippen LogP contribution >= 0.6 is 0 Å². The van der Waals surface area contributed by atoms with E-state index in [9.17, 15) is 10.0 Å². The predicted octanol–water partition coefficient (Wildman–Crippen LogP) is 1.30. The quantitative estimate of drug-likeness (QED) is 0.623. The number of nitrogens with zero attached hydrogens (tertiary/aromatic N) is 3. The molecule has 2 N–H and O–H groups in total. The zero-order valence-electron chi connectivity index (χ0n) is 13.0. The molecular formula is C16H22BN3O2. The summed E-state index contributed by atoms with van der Waals surface area (Å²) in [6.45, 7) is 3.02. The van der Waals surface area contributed by atoms with Gasteiger partial charge in [-0.3, -0.25) is 9.67 Å². The Morgan fingerprint density at radius 3 is 2.91 bits per heavy atom. The van der Waals surface area contributed by atoms with Crippen LogP contribution in [0.3, 0.4) is 0 Å². The van der Waals surface area contributed by atoms with Gasteiger partial charge in [0.15, 0.2) is 0 Å². The molecule has 3 heterocycles. The van der Waals surface area contributed by atoms with Crippen LogP contribution in [0.2, 0.25) is 0 Å². The molecule has 6 heteroatoms. The summed E-state index contributed by atoms with van der Waals surface area (Å²) in [5.74, 6) is 0. The van der Waals surface area contributed by atoms with Gasteiger partial charge in [0.25, 0.3) is 0 Å². The van der Waals surface area contributed by atoms with Crippen LogP contribution in [-0.4, -0.2) is 31.9 Å². The molecule has 1 aliphatic heterocycles. The van der Waals surface area contributed by atoms with Crippen LogP contribution in [-0.2, 0) is 19.4 Å². The second-order valence-corrected chi connectivity index (χ2v) is 5.88. The smallest absolute Gasteiger partial charge is 0.423 e. The molecule has 0 saturated carbocycles. The minimum absolute atomic E-state index is 0.524. The number of pyridine rings is 1. The summed E-state index contributed by atoms with van der Waals surface area (Å²) in [5.41, 5.74) is 3.84. The van der Waals surface area contributed by atoms with Crippen LogP contribution < -0.4 is 5.46 Å². The summed E-state index contributed by atoms with van der Waals surface area (Å²) in [6, 6.07) is 5.90. The van der Waals surface area contributed by atoms with Gasteiger partial charge in [0, 0.05) is 23.4 Å². The first kappa shape index (κ1) is 15.2. The van der Waals surface area contributed by atoms with E-state index in [1.165, 1.54) is 12.8 Å². The average Bonchev–Trinajstić information content (AvgIpc) is 3.07. The standard InChI is InChI=1S/C16H22BN3O2/c1-2-3-4-7-12-8-5-9-13(18-12)16-15(17(21)22)14-10-6-11-20(14)19-16/h5,8-9,21-22H,2-4,6-7,10-11H2,1H3. The summed E-state index contributed by atoms with van der Waals surface area (Å²) in [5, 5.41) is 24.0. The lowest BCUT2D eigenvalue weighted by Gasteiger charge is -2.05. The number of rotatable bonds is 6. The van der Waals surface area contributed by atoms with Crippen molar-refractivity contribution in [3.8, 4) is 11.4 Å². The maximum absolute atomic E-state index is 9.74. The second kappa shape index (κ2) is 6.63. The monoisotopic (exact) mass is 299 g/mol. The molecule has 0 saturated heterocycles. The Kier molecular flexibility index (Phi) is 4.59. The predicted molar refractivity (Wildman–Crippen MR) is 86.8 cm³/mol. The lowest BCUT2D eigenvalue weighted by Crippen LogP contribution is -2.33. The van der Waals surface area contributed by atoms with Crippen molar-refractivity contribution in [2.45, 2.75) is 52.0 Å². The summed E-state index contributed by atoms with van der Waals surface area (Å²) in [4.78, 5) is 4.67. The van der Waals surface area contributed by atoms with E-state index in [1.54, 1.807) is 0 Å². The van der Waals surface area contributed by atoms with Crippen LogP contribution in [0, 0.1) is 0 Å². The number of hydrogen-bond donors (Lipinski definition) is 2. The largest absolute Gasteiger partial charge is 0.492 e. The van der Waals surface area contributed by atoms with E-state index in [0.717, 1.165) is 49.3 Å². The number of fused-ring (bicyclic) bond motifs is 1. The molecule has 0 atom stereocenters.